The third-order valence-electron chi connectivity index (χ3n) is 2.83. The number of aliphatic hydroxyl groups excluding tert-OH is 1. The van der Waals surface area contributed by atoms with E-state index in [9.17, 15) is 13.2 Å². The Kier molecular flexibility index (Phi) is 5.26. The molecule has 0 bridgehead atoms. The van der Waals surface area contributed by atoms with Gasteiger partial charge in [0, 0.05) is 23.3 Å². The van der Waals surface area contributed by atoms with E-state index in [-0.39, 0.29) is 17.7 Å². The zero-order valence-electron chi connectivity index (χ0n) is 10.8. The molecule has 6 heteroatoms. The maximum atomic E-state index is 12.9. The van der Waals surface area contributed by atoms with E-state index >= 15 is 0 Å². The lowest BCUT2D eigenvalue weighted by Gasteiger charge is -2.25. The number of hydrogen-bond donors (Lipinski definition) is 2. The maximum Gasteiger partial charge on any atom is 0.418 e. The molecule has 0 fully saturated rings. The van der Waals surface area contributed by atoms with E-state index in [0.29, 0.717) is 17.4 Å². The molecule has 108 valence electrons. The molecule has 0 saturated heterocycles. The quantitative estimate of drug-likeness (QED) is 0.838. The molecule has 0 aliphatic heterocycles. The second-order valence-electron chi connectivity index (χ2n) is 5.18. The zero-order chi connectivity index (χ0) is 14.7. The number of rotatable bonds is 5. The summed E-state index contributed by atoms with van der Waals surface area (Å²) in [7, 11) is 0. The van der Waals surface area contributed by atoms with Gasteiger partial charge in [0.2, 0.25) is 0 Å². The third-order valence-corrected chi connectivity index (χ3v) is 3.33. The Hall–Kier alpha value is -0.750. The number of benzene rings is 1. The first-order valence-corrected chi connectivity index (χ1v) is 6.66. The Morgan fingerprint density at radius 2 is 1.89 bits per heavy atom. The zero-order valence-corrected chi connectivity index (χ0v) is 12.4. The van der Waals surface area contributed by atoms with Crippen LogP contribution < -0.4 is 5.32 Å². The normalized spacial score (nSPS) is 12.6. The second kappa shape index (κ2) is 6.13. The number of nitrogens with one attached hydrogen (secondary N) is 1. The summed E-state index contributed by atoms with van der Waals surface area (Å²) in [5.41, 5.74) is -0.909. The van der Waals surface area contributed by atoms with Crippen LogP contribution in [0.15, 0.2) is 22.7 Å². The Labute approximate surface area is 119 Å². The minimum absolute atomic E-state index is 0.0150. The molecule has 2 N–H and O–H groups in total. The SMILES string of the molecule is CC(C)(CCO)CNc1ccc(Br)cc1C(F)(F)F. The monoisotopic (exact) mass is 339 g/mol. The van der Waals surface area contributed by atoms with E-state index in [2.05, 4.69) is 21.2 Å². The fourth-order valence-corrected chi connectivity index (χ4v) is 1.99. The predicted molar refractivity (Wildman–Crippen MR) is 73.1 cm³/mol. The van der Waals surface area contributed by atoms with Crippen molar-refractivity contribution in [1.82, 2.24) is 0 Å². The van der Waals surface area contributed by atoms with E-state index < -0.39 is 11.7 Å². The lowest BCUT2D eigenvalue weighted by atomic mass is 9.89. The summed E-state index contributed by atoms with van der Waals surface area (Å²) in [6.07, 6.45) is -3.87. The van der Waals surface area contributed by atoms with Crippen LogP contribution in [0, 0.1) is 5.41 Å². The van der Waals surface area contributed by atoms with Gasteiger partial charge in [0.1, 0.15) is 0 Å². The van der Waals surface area contributed by atoms with E-state index in [1.807, 2.05) is 13.8 Å². The molecule has 1 rings (SSSR count). The molecule has 0 spiro atoms. The van der Waals surface area contributed by atoms with Gasteiger partial charge in [-0.25, -0.2) is 0 Å². The van der Waals surface area contributed by atoms with Gasteiger partial charge in [0.05, 0.1) is 5.56 Å². The van der Waals surface area contributed by atoms with E-state index in [1.165, 1.54) is 6.07 Å². The van der Waals surface area contributed by atoms with Crippen molar-refractivity contribution < 1.29 is 18.3 Å². The standard InChI is InChI=1S/C13H17BrF3NO/c1-12(2,5-6-19)8-18-11-4-3-9(14)7-10(11)13(15,16)17/h3-4,7,18-19H,5-6,8H2,1-2H3. The second-order valence-corrected chi connectivity index (χ2v) is 6.09. The fraction of sp³-hybridized carbons (Fsp3) is 0.538. The van der Waals surface area contributed by atoms with Crippen molar-refractivity contribution in [1.29, 1.82) is 0 Å². The largest absolute Gasteiger partial charge is 0.418 e. The lowest BCUT2D eigenvalue weighted by Crippen LogP contribution is -2.25. The molecule has 0 aromatic heterocycles. The van der Waals surface area contributed by atoms with Gasteiger partial charge in [0.25, 0.3) is 0 Å². The highest BCUT2D eigenvalue weighted by molar-refractivity contribution is 9.10. The summed E-state index contributed by atoms with van der Waals surface area (Å²) < 4.78 is 39.1. The molecule has 0 heterocycles. The highest BCUT2D eigenvalue weighted by Gasteiger charge is 2.34. The van der Waals surface area contributed by atoms with Crippen molar-refractivity contribution in [2.24, 2.45) is 5.41 Å². The molecule has 0 atom stereocenters. The summed E-state index contributed by atoms with van der Waals surface area (Å²) in [4.78, 5) is 0. The average molecular weight is 340 g/mol. The number of anilines is 1. The van der Waals surface area contributed by atoms with Crippen LogP contribution >= 0.6 is 15.9 Å². The van der Waals surface area contributed by atoms with Gasteiger partial charge in [-0.1, -0.05) is 29.8 Å². The van der Waals surface area contributed by atoms with Gasteiger partial charge in [-0.2, -0.15) is 13.2 Å². The minimum atomic E-state index is -4.40. The molecule has 0 aliphatic carbocycles. The minimum Gasteiger partial charge on any atom is -0.396 e. The number of aliphatic hydroxyl groups is 1. The fourth-order valence-electron chi connectivity index (χ4n) is 1.63. The van der Waals surface area contributed by atoms with E-state index in [1.54, 1.807) is 6.07 Å². The molecule has 19 heavy (non-hydrogen) atoms. The van der Waals surface area contributed by atoms with Crippen LogP contribution in [0.5, 0.6) is 0 Å². The highest BCUT2D eigenvalue weighted by Crippen LogP contribution is 2.37. The van der Waals surface area contributed by atoms with Crippen LogP contribution in [0.2, 0.25) is 0 Å². The van der Waals surface area contributed by atoms with E-state index in [4.69, 9.17) is 5.11 Å². The molecular formula is C13H17BrF3NO. The Balaban J connectivity index is 2.90. The maximum absolute atomic E-state index is 12.9. The van der Waals surface area contributed by atoms with Gasteiger partial charge in [0.15, 0.2) is 0 Å². The van der Waals surface area contributed by atoms with Crippen molar-refractivity contribution in [3.05, 3.63) is 28.2 Å². The van der Waals surface area contributed by atoms with Crippen LogP contribution in [-0.4, -0.2) is 18.3 Å². The van der Waals surface area contributed by atoms with Crippen molar-refractivity contribution in [3.63, 3.8) is 0 Å². The lowest BCUT2D eigenvalue weighted by molar-refractivity contribution is -0.137. The Bertz CT molecular complexity index is 432. The first-order chi connectivity index (χ1) is 8.65. The van der Waals surface area contributed by atoms with Crippen molar-refractivity contribution in [3.8, 4) is 0 Å². The molecule has 0 radical (unpaired) electrons. The molecule has 1 aromatic rings. The summed E-state index contributed by atoms with van der Waals surface area (Å²) in [5.74, 6) is 0. The third kappa shape index (κ3) is 5.03. The van der Waals surface area contributed by atoms with Crippen molar-refractivity contribution >= 4 is 21.6 Å². The molecule has 0 aliphatic rings. The van der Waals surface area contributed by atoms with Crippen LogP contribution in [0.3, 0.4) is 0 Å². The molecule has 0 amide bonds. The Morgan fingerprint density at radius 1 is 1.26 bits per heavy atom. The number of halogens is 4. The topological polar surface area (TPSA) is 32.3 Å². The van der Waals surface area contributed by atoms with Gasteiger partial charge in [-0.3, -0.25) is 0 Å². The van der Waals surface area contributed by atoms with Crippen LogP contribution in [0.1, 0.15) is 25.8 Å². The first kappa shape index (κ1) is 16.3. The molecular weight excluding hydrogens is 323 g/mol. The summed E-state index contributed by atoms with van der Waals surface area (Å²) in [6, 6.07) is 4.03. The van der Waals surface area contributed by atoms with E-state index in [0.717, 1.165) is 6.07 Å². The van der Waals surface area contributed by atoms with Gasteiger partial charge < -0.3 is 10.4 Å². The van der Waals surface area contributed by atoms with Gasteiger partial charge in [-0.05, 0) is 30.0 Å². The highest BCUT2D eigenvalue weighted by atomic mass is 79.9. The van der Waals surface area contributed by atoms with Crippen molar-refractivity contribution in [2.75, 3.05) is 18.5 Å². The summed E-state index contributed by atoms with van der Waals surface area (Å²) >= 11 is 3.04. The van der Waals surface area contributed by atoms with Crippen LogP contribution in [0.25, 0.3) is 0 Å². The van der Waals surface area contributed by atoms with Crippen LogP contribution in [-0.2, 0) is 6.18 Å². The smallest absolute Gasteiger partial charge is 0.396 e. The Morgan fingerprint density at radius 3 is 2.42 bits per heavy atom. The number of hydrogen-bond acceptors (Lipinski definition) is 2. The summed E-state index contributed by atoms with van der Waals surface area (Å²) in [5, 5.41) is 11.7. The molecule has 0 unspecified atom stereocenters. The van der Waals surface area contributed by atoms with Gasteiger partial charge >= 0.3 is 6.18 Å². The molecule has 1 aromatic carbocycles. The summed E-state index contributed by atoms with van der Waals surface area (Å²) in [6.45, 7) is 4.16. The predicted octanol–water partition coefficient (Wildman–Crippen LogP) is 4.29. The van der Waals surface area contributed by atoms with Crippen LogP contribution in [0.4, 0.5) is 18.9 Å². The molecule has 0 saturated carbocycles. The average Bonchev–Trinajstić information content (AvgIpc) is 2.26. The van der Waals surface area contributed by atoms with Crippen molar-refractivity contribution in [2.45, 2.75) is 26.4 Å². The first-order valence-electron chi connectivity index (χ1n) is 5.87. The molecule has 2 nitrogen and oxygen atoms in total. The van der Waals surface area contributed by atoms with Gasteiger partial charge in [-0.15, -0.1) is 0 Å². The number of alkyl halides is 3.